The number of terminal acetylenes is 1. The summed E-state index contributed by atoms with van der Waals surface area (Å²) in [6, 6.07) is 0.573. The summed E-state index contributed by atoms with van der Waals surface area (Å²) >= 11 is 1.81. The minimum Gasteiger partial charge on any atom is -0.381 e. The van der Waals surface area contributed by atoms with Crippen LogP contribution in [0.3, 0.4) is 0 Å². The molecule has 1 heterocycles. The molecule has 2 unspecified atom stereocenters. The van der Waals surface area contributed by atoms with Crippen LogP contribution in [-0.2, 0) is 4.74 Å². The Bertz CT molecular complexity index is 184. The van der Waals surface area contributed by atoms with Crippen LogP contribution < -0.4 is 5.32 Å². The number of thioether (sulfide) groups is 1. The quantitative estimate of drug-likeness (QED) is 0.532. The molecule has 0 aromatic rings. The van der Waals surface area contributed by atoms with E-state index in [-0.39, 0.29) is 0 Å². The first kappa shape index (κ1) is 11.9. The first-order valence-electron chi connectivity index (χ1n) is 5.17. The molecule has 14 heavy (non-hydrogen) atoms. The predicted molar refractivity (Wildman–Crippen MR) is 62.5 cm³/mol. The second-order valence-corrected chi connectivity index (χ2v) is 4.73. The highest BCUT2D eigenvalue weighted by atomic mass is 32.2. The monoisotopic (exact) mass is 213 g/mol. The summed E-state index contributed by atoms with van der Waals surface area (Å²) in [5.41, 5.74) is 0. The molecule has 1 aliphatic rings. The van der Waals surface area contributed by atoms with Crippen LogP contribution in [0.1, 0.15) is 13.3 Å². The Morgan fingerprint density at radius 3 is 3.21 bits per heavy atom. The fraction of sp³-hybridized carbons (Fsp3) is 0.818. The zero-order valence-electron chi connectivity index (χ0n) is 8.79. The van der Waals surface area contributed by atoms with E-state index in [1.807, 2.05) is 11.8 Å². The highest BCUT2D eigenvalue weighted by Gasteiger charge is 2.21. The van der Waals surface area contributed by atoms with E-state index in [1.54, 1.807) is 0 Å². The van der Waals surface area contributed by atoms with Gasteiger partial charge in [-0.1, -0.05) is 5.92 Å². The van der Waals surface area contributed by atoms with Crippen LogP contribution in [0, 0.1) is 18.3 Å². The van der Waals surface area contributed by atoms with Crippen molar-refractivity contribution in [2.45, 2.75) is 19.4 Å². The van der Waals surface area contributed by atoms with Gasteiger partial charge in [-0.3, -0.25) is 0 Å². The maximum atomic E-state index is 5.35. The number of nitrogens with one attached hydrogen (secondary N) is 1. The number of hydrogen-bond donors (Lipinski definition) is 1. The van der Waals surface area contributed by atoms with Crippen molar-refractivity contribution >= 4 is 11.8 Å². The van der Waals surface area contributed by atoms with Crippen molar-refractivity contribution in [3.8, 4) is 12.3 Å². The van der Waals surface area contributed by atoms with Gasteiger partial charge in [0.25, 0.3) is 0 Å². The Morgan fingerprint density at radius 2 is 2.57 bits per heavy atom. The maximum absolute atomic E-state index is 5.35. The SMILES string of the molecule is C#CCSCCNC(C)C1CCOC1. The van der Waals surface area contributed by atoms with Gasteiger partial charge < -0.3 is 10.1 Å². The van der Waals surface area contributed by atoms with Gasteiger partial charge in [-0.15, -0.1) is 18.2 Å². The minimum atomic E-state index is 0.573. The zero-order chi connectivity index (χ0) is 10.2. The first-order chi connectivity index (χ1) is 6.84. The van der Waals surface area contributed by atoms with Crippen molar-refractivity contribution < 1.29 is 4.74 Å². The molecule has 1 saturated heterocycles. The number of ether oxygens (including phenoxy) is 1. The lowest BCUT2D eigenvalue weighted by molar-refractivity contribution is 0.178. The fourth-order valence-electron chi connectivity index (χ4n) is 1.60. The lowest BCUT2D eigenvalue weighted by Gasteiger charge is -2.18. The number of rotatable bonds is 6. The molecule has 0 bridgehead atoms. The summed E-state index contributed by atoms with van der Waals surface area (Å²) in [6.07, 6.45) is 6.36. The zero-order valence-corrected chi connectivity index (χ0v) is 9.61. The van der Waals surface area contributed by atoms with Gasteiger partial charge in [0.2, 0.25) is 0 Å². The third kappa shape index (κ3) is 4.36. The van der Waals surface area contributed by atoms with Crippen LogP contribution in [0.15, 0.2) is 0 Å². The average molecular weight is 213 g/mol. The fourth-order valence-corrected chi connectivity index (χ4v) is 2.13. The lowest BCUT2D eigenvalue weighted by Crippen LogP contribution is -2.35. The van der Waals surface area contributed by atoms with Gasteiger partial charge >= 0.3 is 0 Å². The molecule has 0 radical (unpaired) electrons. The van der Waals surface area contributed by atoms with E-state index in [4.69, 9.17) is 11.2 Å². The second kappa shape index (κ2) is 7.17. The summed E-state index contributed by atoms with van der Waals surface area (Å²) in [7, 11) is 0. The molecule has 1 N–H and O–H groups in total. The molecule has 0 spiro atoms. The molecule has 3 heteroatoms. The topological polar surface area (TPSA) is 21.3 Å². The van der Waals surface area contributed by atoms with Gasteiger partial charge in [0.15, 0.2) is 0 Å². The average Bonchev–Trinajstić information content (AvgIpc) is 2.70. The van der Waals surface area contributed by atoms with Gasteiger partial charge in [-0.05, 0) is 19.3 Å². The molecule has 0 saturated carbocycles. The summed E-state index contributed by atoms with van der Waals surface area (Å²) in [4.78, 5) is 0. The van der Waals surface area contributed by atoms with Crippen LogP contribution in [0.2, 0.25) is 0 Å². The molecular formula is C11H19NOS. The van der Waals surface area contributed by atoms with Gasteiger partial charge in [0.1, 0.15) is 0 Å². The van der Waals surface area contributed by atoms with Crippen molar-refractivity contribution in [3.63, 3.8) is 0 Å². The lowest BCUT2D eigenvalue weighted by atomic mass is 10.0. The molecule has 1 rings (SSSR count). The molecule has 0 aromatic heterocycles. The normalized spacial score (nSPS) is 23.3. The molecule has 2 atom stereocenters. The molecule has 0 aliphatic carbocycles. The van der Waals surface area contributed by atoms with E-state index < -0.39 is 0 Å². The van der Waals surface area contributed by atoms with Gasteiger partial charge in [-0.25, -0.2) is 0 Å². The standard InChI is InChI=1S/C11H19NOS/c1-3-7-14-8-5-12-10(2)11-4-6-13-9-11/h1,10-12H,4-9H2,2H3. The number of hydrogen-bond acceptors (Lipinski definition) is 3. The highest BCUT2D eigenvalue weighted by Crippen LogP contribution is 2.16. The van der Waals surface area contributed by atoms with Crippen LogP contribution in [0.5, 0.6) is 0 Å². The summed E-state index contributed by atoms with van der Waals surface area (Å²) in [5, 5.41) is 3.51. The third-order valence-corrected chi connectivity index (χ3v) is 3.43. The van der Waals surface area contributed by atoms with E-state index >= 15 is 0 Å². The van der Waals surface area contributed by atoms with Crippen molar-refractivity contribution in [2.75, 3.05) is 31.3 Å². The molecule has 80 valence electrons. The van der Waals surface area contributed by atoms with Crippen LogP contribution >= 0.6 is 11.8 Å². The molecule has 2 nitrogen and oxygen atoms in total. The van der Waals surface area contributed by atoms with Crippen LogP contribution in [0.4, 0.5) is 0 Å². The summed E-state index contributed by atoms with van der Waals surface area (Å²) in [5.74, 6) is 5.25. The molecule has 0 aromatic carbocycles. The molecular weight excluding hydrogens is 194 g/mol. The molecule has 1 aliphatic heterocycles. The van der Waals surface area contributed by atoms with E-state index in [9.17, 15) is 0 Å². The Labute approximate surface area is 91.2 Å². The third-order valence-electron chi connectivity index (χ3n) is 2.57. The Morgan fingerprint density at radius 1 is 1.71 bits per heavy atom. The van der Waals surface area contributed by atoms with Crippen molar-refractivity contribution in [1.29, 1.82) is 0 Å². The van der Waals surface area contributed by atoms with Crippen molar-refractivity contribution in [1.82, 2.24) is 5.32 Å². The first-order valence-corrected chi connectivity index (χ1v) is 6.32. The van der Waals surface area contributed by atoms with E-state index in [2.05, 4.69) is 18.2 Å². The smallest absolute Gasteiger partial charge is 0.0545 e. The predicted octanol–water partition coefficient (Wildman–Crippen LogP) is 1.37. The largest absolute Gasteiger partial charge is 0.381 e. The van der Waals surface area contributed by atoms with Crippen LogP contribution in [0.25, 0.3) is 0 Å². The highest BCUT2D eigenvalue weighted by molar-refractivity contribution is 7.99. The maximum Gasteiger partial charge on any atom is 0.0545 e. The Balaban J connectivity index is 1.97. The Hall–Kier alpha value is -0.170. The van der Waals surface area contributed by atoms with Gasteiger partial charge in [0, 0.05) is 24.9 Å². The molecule has 1 fully saturated rings. The van der Waals surface area contributed by atoms with Crippen molar-refractivity contribution in [3.05, 3.63) is 0 Å². The van der Waals surface area contributed by atoms with Gasteiger partial charge in [-0.2, -0.15) is 0 Å². The summed E-state index contributed by atoms with van der Waals surface area (Å²) < 4.78 is 5.35. The van der Waals surface area contributed by atoms with Crippen molar-refractivity contribution in [2.24, 2.45) is 5.92 Å². The van der Waals surface area contributed by atoms with E-state index in [1.165, 1.54) is 6.42 Å². The van der Waals surface area contributed by atoms with E-state index in [0.29, 0.717) is 12.0 Å². The van der Waals surface area contributed by atoms with E-state index in [0.717, 1.165) is 31.3 Å². The summed E-state index contributed by atoms with van der Waals surface area (Å²) in [6.45, 7) is 5.14. The second-order valence-electron chi connectivity index (χ2n) is 3.62. The van der Waals surface area contributed by atoms with Crippen LogP contribution in [-0.4, -0.2) is 37.3 Å². The van der Waals surface area contributed by atoms with Gasteiger partial charge in [0.05, 0.1) is 12.4 Å². The Kier molecular flexibility index (Phi) is 6.09. The minimum absolute atomic E-state index is 0.573. The molecule has 0 amide bonds.